The van der Waals surface area contributed by atoms with Crippen molar-refractivity contribution in [1.29, 1.82) is 0 Å². The van der Waals surface area contributed by atoms with E-state index in [1.54, 1.807) is 6.92 Å². The number of ether oxygens (including phenoxy) is 1. The van der Waals surface area contributed by atoms with E-state index in [1.807, 2.05) is 24.6 Å². The standard InChI is InChI=1S/C17H18N2O4S/c1-16-6-11(20)17(2,23-16)13-12(16)14(21)19(15(13)22)8-3-4-9-10(5-8)24-7-18-9/h3,5,7,9,11-13,20H,4,6H2,1-2H3/t9?,11-,12+,13-,16+,17-/m0/s1. The van der Waals surface area contributed by atoms with Gasteiger partial charge in [0, 0.05) is 17.0 Å². The Kier molecular flexibility index (Phi) is 2.72. The molecule has 1 aliphatic carbocycles. The summed E-state index contributed by atoms with van der Waals surface area (Å²) in [6.45, 7) is 3.60. The maximum atomic E-state index is 13.1. The fourth-order valence-electron chi connectivity index (χ4n) is 4.99. The molecule has 0 spiro atoms. The lowest BCUT2D eigenvalue weighted by molar-refractivity contribution is -0.146. The van der Waals surface area contributed by atoms with Gasteiger partial charge in [-0.1, -0.05) is 17.8 Å². The average Bonchev–Trinajstić information content (AvgIpc) is 3.19. The summed E-state index contributed by atoms with van der Waals surface area (Å²) < 4.78 is 6.00. The fraction of sp³-hybridized carbons (Fsp3) is 0.588. The van der Waals surface area contributed by atoms with E-state index in [4.69, 9.17) is 4.74 Å². The highest BCUT2D eigenvalue weighted by Crippen LogP contribution is 2.61. The monoisotopic (exact) mass is 346 g/mol. The van der Waals surface area contributed by atoms with E-state index >= 15 is 0 Å². The SMILES string of the molecule is C[C@]12O[C@](C)(C[C@@H]1O)[C@H]1C(=O)N(C3=CCC4N=CSC4=C3)C(=O)[C@H]12. The molecule has 5 aliphatic rings. The molecule has 4 aliphatic heterocycles. The Morgan fingerprint density at radius 1 is 1.33 bits per heavy atom. The van der Waals surface area contributed by atoms with Gasteiger partial charge < -0.3 is 9.84 Å². The van der Waals surface area contributed by atoms with E-state index in [9.17, 15) is 14.7 Å². The van der Waals surface area contributed by atoms with Crippen LogP contribution in [-0.2, 0) is 14.3 Å². The fourth-order valence-corrected chi connectivity index (χ4v) is 5.83. The number of hydrogen-bond acceptors (Lipinski definition) is 6. The number of carbonyl (C=O) groups is 2. The van der Waals surface area contributed by atoms with Crippen molar-refractivity contribution in [1.82, 2.24) is 4.90 Å². The van der Waals surface area contributed by atoms with Crippen LogP contribution in [0.2, 0.25) is 0 Å². The molecule has 6 atom stereocenters. The third-order valence-electron chi connectivity index (χ3n) is 6.15. The van der Waals surface area contributed by atoms with Gasteiger partial charge in [-0.15, -0.1) is 0 Å². The number of aliphatic hydroxyl groups excluding tert-OH is 1. The van der Waals surface area contributed by atoms with Gasteiger partial charge in [-0.05, 0) is 26.3 Å². The highest BCUT2D eigenvalue weighted by atomic mass is 32.2. The summed E-state index contributed by atoms with van der Waals surface area (Å²) >= 11 is 1.54. The minimum atomic E-state index is -0.975. The van der Waals surface area contributed by atoms with Crippen LogP contribution in [0, 0.1) is 11.8 Å². The van der Waals surface area contributed by atoms with Crippen molar-refractivity contribution in [2.45, 2.75) is 50.0 Å². The summed E-state index contributed by atoms with van der Waals surface area (Å²) in [7, 11) is 0. The van der Waals surface area contributed by atoms with Gasteiger partial charge in [-0.25, -0.2) is 0 Å². The molecule has 0 aromatic heterocycles. The van der Waals surface area contributed by atoms with E-state index < -0.39 is 29.1 Å². The second kappa shape index (κ2) is 4.39. The number of amides is 2. The summed E-state index contributed by atoms with van der Waals surface area (Å²) in [4.78, 5) is 32.9. The number of hydrogen-bond donors (Lipinski definition) is 1. The minimum Gasteiger partial charge on any atom is -0.390 e. The summed E-state index contributed by atoms with van der Waals surface area (Å²) in [6, 6.07) is 0.127. The van der Waals surface area contributed by atoms with Crippen LogP contribution in [0.25, 0.3) is 0 Å². The molecule has 1 unspecified atom stereocenters. The van der Waals surface area contributed by atoms with Crippen molar-refractivity contribution in [3.05, 3.63) is 22.8 Å². The Balaban J connectivity index is 1.54. The van der Waals surface area contributed by atoms with E-state index in [-0.39, 0.29) is 17.9 Å². The third-order valence-corrected chi connectivity index (χ3v) is 7.04. The first-order valence-corrected chi connectivity index (χ1v) is 9.09. The number of aliphatic hydroxyl groups is 1. The lowest BCUT2D eigenvalue weighted by atomic mass is 9.67. The maximum Gasteiger partial charge on any atom is 0.240 e. The van der Waals surface area contributed by atoms with Crippen molar-refractivity contribution in [2.75, 3.05) is 0 Å². The zero-order valence-electron chi connectivity index (χ0n) is 13.4. The minimum absolute atomic E-state index is 0.127. The molecule has 7 heteroatoms. The van der Waals surface area contributed by atoms with E-state index in [0.717, 1.165) is 4.91 Å². The van der Waals surface area contributed by atoms with E-state index in [0.29, 0.717) is 18.5 Å². The first-order chi connectivity index (χ1) is 11.3. The van der Waals surface area contributed by atoms with Crippen molar-refractivity contribution in [3.8, 4) is 0 Å². The molecule has 126 valence electrons. The molecule has 1 N–H and O–H groups in total. The molecule has 0 aromatic rings. The average molecular weight is 346 g/mol. The number of imide groups is 1. The van der Waals surface area contributed by atoms with Crippen LogP contribution in [0.4, 0.5) is 0 Å². The summed E-state index contributed by atoms with van der Waals surface area (Å²) in [6.07, 6.45) is 4.18. The first kappa shape index (κ1) is 14.9. The van der Waals surface area contributed by atoms with Crippen LogP contribution in [0.5, 0.6) is 0 Å². The highest BCUT2D eigenvalue weighted by Gasteiger charge is 2.75. The van der Waals surface area contributed by atoms with Crippen molar-refractivity contribution in [3.63, 3.8) is 0 Å². The van der Waals surface area contributed by atoms with Gasteiger partial charge in [0.1, 0.15) is 5.60 Å². The number of rotatable bonds is 1. The lowest BCUT2D eigenvalue weighted by Crippen LogP contribution is -2.49. The largest absolute Gasteiger partial charge is 0.390 e. The Morgan fingerprint density at radius 2 is 2.08 bits per heavy atom. The number of likely N-dealkylation sites (tertiary alicyclic amines) is 1. The van der Waals surface area contributed by atoms with Gasteiger partial charge in [0.2, 0.25) is 11.8 Å². The number of nitrogens with zero attached hydrogens (tertiary/aromatic N) is 2. The molecule has 0 saturated carbocycles. The van der Waals surface area contributed by atoms with Gasteiger partial charge in [0.05, 0.1) is 35.1 Å². The second-order valence-electron chi connectivity index (χ2n) is 7.59. The molecule has 2 amide bonds. The van der Waals surface area contributed by atoms with Crippen molar-refractivity contribution >= 4 is 29.1 Å². The zero-order chi connectivity index (χ0) is 16.9. The van der Waals surface area contributed by atoms with Gasteiger partial charge in [0.15, 0.2) is 0 Å². The normalized spacial score (nSPS) is 48.7. The highest BCUT2D eigenvalue weighted by molar-refractivity contribution is 8.15. The Bertz CT molecular complexity index is 775. The Morgan fingerprint density at radius 3 is 2.88 bits per heavy atom. The number of thioether (sulfide) groups is 1. The van der Waals surface area contributed by atoms with Crippen LogP contribution >= 0.6 is 11.8 Å². The third kappa shape index (κ3) is 1.58. The number of allylic oxidation sites excluding steroid dienone is 1. The molecular weight excluding hydrogens is 328 g/mol. The molecule has 0 radical (unpaired) electrons. The molecule has 5 rings (SSSR count). The van der Waals surface area contributed by atoms with Gasteiger partial charge >= 0.3 is 0 Å². The summed E-state index contributed by atoms with van der Waals surface area (Å²) in [5.41, 5.74) is 0.708. The Hall–Kier alpha value is -1.44. The summed E-state index contributed by atoms with van der Waals surface area (Å²) in [5, 5.41) is 10.4. The van der Waals surface area contributed by atoms with Crippen LogP contribution in [0.1, 0.15) is 26.7 Å². The van der Waals surface area contributed by atoms with Crippen LogP contribution in [0.3, 0.4) is 0 Å². The zero-order valence-corrected chi connectivity index (χ0v) is 14.2. The number of fused-ring (bicyclic) bond motifs is 6. The van der Waals surface area contributed by atoms with E-state index in [1.165, 1.54) is 16.7 Å². The van der Waals surface area contributed by atoms with Crippen LogP contribution < -0.4 is 0 Å². The predicted molar refractivity (Wildman–Crippen MR) is 88.0 cm³/mol. The van der Waals surface area contributed by atoms with Gasteiger partial charge in [0.25, 0.3) is 0 Å². The molecule has 4 heterocycles. The maximum absolute atomic E-state index is 13.1. The predicted octanol–water partition coefficient (Wildman–Crippen LogP) is 1.22. The molecule has 3 fully saturated rings. The van der Waals surface area contributed by atoms with Gasteiger partial charge in [-0.2, -0.15) is 0 Å². The molecule has 2 bridgehead atoms. The first-order valence-electron chi connectivity index (χ1n) is 8.21. The molecule has 6 nitrogen and oxygen atoms in total. The quantitative estimate of drug-likeness (QED) is 0.722. The molecular formula is C17H18N2O4S. The van der Waals surface area contributed by atoms with Gasteiger partial charge in [-0.3, -0.25) is 19.5 Å². The summed E-state index contributed by atoms with van der Waals surface area (Å²) in [5.74, 6) is -1.57. The van der Waals surface area contributed by atoms with Crippen molar-refractivity contribution in [2.24, 2.45) is 16.8 Å². The number of aliphatic imine (C=N–C) groups is 1. The van der Waals surface area contributed by atoms with Crippen molar-refractivity contribution < 1.29 is 19.4 Å². The van der Waals surface area contributed by atoms with E-state index in [2.05, 4.69) is 4.99 Å². The molecule has 0 aromatic carbocycles. The topological polar surface area (TPSA) is 79.2 Å². The lowest BCUT2D eigenvalue weighted by Gasteiger charge is -2.31. The molecule has 3 saturated heterocycles. The van der Waals surface area contributed by atoms with Crippen LogP contribution in [-0.4, -0.2) is 50.7 Å². The second-order valence-corrected chi connectivity index (χ2v) is 8.50. The molecule has 24 heavy (non-hydrogen) atoms. The van der Waals surface area contributed by atoms with Crippen LogP contribution in [0.15, 0.2) is 27.7 Å². The Labute approximate surface area is 143 Å². The number of carbonyl (C=O) groups excluding carboxylic acids is 2. The smallest absolute Gasteiger partial charge is 0.240 e.